The average Bonchev–Trinajstić information content (AvgIpc) is 3.44. The second-order valence-electron chi connectivity index (χ2n) is 7.85. The Morgan fingerprint density at radius 2 is 2.00 bits per heavy atom. The monoisotopic (exact) mass is 455 g/mol. The van der Waals surface area contributed by atoms with Crippen molar-refractivity contribution in [1.29, 1.82) is 0 Å². The van der Waals surface area contributed by atoms with E-state index in [1.54, 1.807) is 18.5 Å². The van der Waals surface area contributed by atoms with Crippen LogP contribution in [0.15, 0.2) is 47.8 Å². The second-order valence-corrected chi connectivity index (χ2v) is 9.48. The summed E-state index contributed by atoms with van der Waals surface area (Å²) < 4.78 is 34.2. The minimum Gasteiger partial charge on any atom is -0.481 e. The van der Waals surface area contributed by atoms with E-state index in [1.807, 2.05) is 32.0 Å². The lowest BCUT2D eigenvalue weighted by atomic mass is 9.98. The number of methoxy groups -OCH3 is 1. The molecule has 168 valence electrons. The summed E-state index contributed by atoms with van der Waals surface area (Å²) in [4.78, 5) is 16.9. The number of hydrogen-bond donors (Lipinski definition) is 2. The maximum Gasteiger partial charge on any atom is 0.333 e. The number of aromatic nitrogens is 3. The fourth-order valence-corrected chi connectivity index (χ4v) is 4.64. The SMILES string of the molecule is COc1cc(-c2ccc3c(c2NC(=O)NS(=O)(=O)c2ccn(C(C)C)n2)CCC3)ccn1. The number of anilines is 1. The number of carbonyl (C=O) groups excluding carboxylic acids is 1. The van der Waals surface area contributed by atoms with Gasteiger partial charge >= 0.3 is 6.03 Å². The Labute approximate surface area is 186 Å². The van der Waals surface area contributed by atoms with Crippen LogP contribution in [-0.2, 0) is 22.9 Å². The number of aryl methyl sites for hydroxylation is 1. The predicted molar refractivity (Wildman–Crippen MR) is 120 cm³/mol. The van der Waals surface area contributed by atoms with Crippen molar-refractivity contribution in [1.82, 2.24) is 19.5 Å². The van der Waals surface area contributed by atoms with Crippen LogP contribution in [-0.4, -0.2) is 36.3 Å². The smallest absolute Gasteiger partial charge is 0.333 e. The molecule has 2 amide bonds. The van der Waals surface area contributed by atoms with Crippen molar-refractivity contribution in [3.05, 3.63) is 53.9 Å². The summed E-state index contributed by atoms with van der Waals surface area (Å²) in [5, 5.41) is 6.62. The van der Waals surface area contributed by atoms with Gasteiger partial charge in [-0.1, -0.05) is 12.1 Å². The fourth-order valence-electron chi connectivity index (χ4n) is 3.80. The number of fused-ring (bicyclic) bond motifs is 1. The highest BCUT2D eigenvalue weighted by Gasteiger charge is 2.24. The van der Waals surface area contributed by atoms with Gasteiger partial charge in [-0.2, -0.15) is 13.5 Å². The zero-order valence-corrected chi connectivity index (χ0v) is 18.9. The molecule has 0 atom stereocenters. The van der Waals surface area contributed by atoms with Crippen LogP contribution in [0.25, 0.3) is 11.1 Å². The van der Waals surface area contributed by atoms with Crippen molar-refractivity contribution in [2.24, 2.45) is 0 Å². The third kappa shape index (κ3) is 4.31. The van der Waals surface area contributed by atoms with Gasteiger partial charge in [0.2, 0.25) is 5.88 Å². The maximum absolute atomic E-state index is 12.8. The molecule has 4 rings (SSSR count). The first-order valence-corrected chi connectivity index (χ1v) is 11.8. The number of nitrogens with one attached hydrogen (secondary N) is 2. The molecule has 0 saturated heterocycles. The van der Waals surface area contributed by atoms with Gasteiger partial charge in [-0.25, -0.2) is 14.5 Å². The highest BCUT2D eigenvalue weighted by Crippen LogP contribution is 2.38. The number of nitrogens with zero attached hydrogens (tertiary/aromatic N) is 3. The van der Waals surface area contributed by atoms with E-state index in [4.69, 9.17) is 4.74 Å². The summed E-state index contributed by atoms with van der Waals surface area (Å²) in [5.41, 5.74) is 4.32. The number of sulfonamides is 1. The molecule has 3 aromatic rings. The van der Waals surface area contributed by atoms with Crippen molar-refractivity contribution in [3.63, 3.8) is 0 Å². The molecule has 32 heavy (non-hydrogen) atoms. The van der Waals surface area contributed by atoms with Gasteiger partial charge in [-0.3, -0.25) is 4.68 Å². The molecule has 2 N–H and O–H groups in total. The van der Waals surface area contributed by atoms with Crippen LogP contribution in [0.2, 0.25) is 0 Å². The van der Waals surface area contributed by atoms with Gasteiger partial charge in [0.05, 0.1) is 12.8 Å². The first-order chi connectivity index (χ1) is 15.3. The minimum absolute atomic E-state index is 0.000375. The fraction of sp³-hybridized carbons (Fsp3) is 0.318. The second kappa shape index (κ2) is 8.62. The molecule has 9 nitrogen and oxygen atoms in total. The van der Waals surface area contributed by atoms with Gasteiger partial charge < -0.3 is 10.1 Å². The lowest BCUT2D eigenvalue weighted by Crippen LogP contribution is -2.35. The predicted octanol–water partition coefficient (Wildman–Crippen LogP) is 3.53. The highest BCUT2D eigenvalue weighted by atomic mass is 32.2. The third-order valence-corrected chi connectivity index (χ3v) is 6.61. The van der Waals surface area contributed by atoms with Crippen molar-refractivity contribution in [2.75, 3.05) is 12.4 Å². The van der Waals surface area contributed by atoms with E-state index < -0.39 is 16.1 Å². The Hall–Kier alpha value is -3.40. The number of pyridine rings is 1. The molecule has 0 unspecified atom stereocenters. The average molecular weight is 456 g/mol. The zero-order chi connectivity index (χ0) is 22.9. The number of rotatable bonds is 6. The number of carbonyl (C=O) groups is 1. The van der Waals surface area contributed by atoms with Crippen molar-refractivity contribution in [3.8, 4) is 17.0 Å². The van der Waals surface area contributed by atoms with E-state index in [0.29, 0.717) is 11.6 Å². The molecule has 1 aliphatic rings. The Bertz CT molecular complexity index is 1270. The van der Waals surface area contributed by atoms with Crippen LogP contribution in [0.4, 0.5) is 10.5 Å². The number of hydrogen-bond acceptors (Lipinski definition) is 6. The topological polar surface area (TPSA) is 115 Å². The van der Waals surface area contributed by atoms with Gasteiger partial charge in [0.25, 0.3) is 10.0 Å². The molecular weight excluding hydrogens is 430 g/mol. The van der Waals surface area contributed by atoms with E-state index in [2.05, 4.69) is 20.1 Å². The molecule has 0 saturated carbocycles. The van der Waals surface area contributed by atoms with Gasteiger partial charge in [0.1, 0.15) is 0 Å². The molecule has 0 fully saturated rings. The number of ether oxygens (including phenoxy) is 1. The van der Waals surface area contributed by atoms with Crippen LogP contribution in [0.3, 0.4) is 0 Å². The molecular formula is C22H25N5O4S. The minimum atomic E-state index is -4.12. The van der Waals surface area contributed by atoms with E-state index >= 15 is 0 Å². The quantitative estimate of drug-likeness (QED) is 0.588. The molecule has 1 aromatic carbocycles. The van der Waals surface area contributed by atoms with E-state index in [0.717, 1.165) is 41.5 Å². The number of amides is 2. The van der Waals surface area contributed by atoms with Crippen molar-refractivity contribution in [2.45, 2.75) is 44.2 Å². The summed E-state index contributed by atoms with van der Waals surface area (Å²) in [5.74, 6) is 0.446. The zero-order valence-electron chi connectivity index (χ0n) is 18.1. The summed E-state index contributed by atoms with van der Waals surface area (Å²) in [6.45, 7) is 3.77. The lowest BCUT2D eigenvalue weighted by Gasteiger charge is -2.17. The first kappa shape index (κ1) is 21.8. The summed E-state index contributed by atoms with van der Waals surface area (Å²) in [6, 6.07) is 8.08. The Morgan fingerprint density at radius 3 is 2.72 bits per heavy atom. The van der Waals surface area contributed by atoms with Gasteiger partial charge in [0.15, 0.2) is 5.03 Å². The van der Waals surface area contributed by atoms with Crippen LogP contribution in [0.1, 0.15) is 37.4 Å². The van der Waals surface area contributed by atoms with Crippen LogP contribution in [0, 0.1) is 0 Å². The summed E-state index contributed by atoms with van der Waals surface area (Å²) >= 11 is 0. The maximum atomic E-state index is 12.8. The molecule has 0 aliphatic heterocycles. The van der Waals surface area contributed by atoms with Crippen molar-refractivity contribution >= 4 is 21.7 Å². The van der Waals surface area contributed by atoms with E-state index in [9.17, 15) is 13.2 Å². The highest BCUT2D eigenvalue weighted by molar-refractivity contribution is 7.90. The molecule has 10 heteroatoms. The van der Waals surface area contributed by atoms with E-state index in [1.165, 1.54) is 17.9 Å². The van der Waals surface area contributed by atoms with Gasteiger partial charge in [-0.15, -0.1) is 0 Å². The van der Waals surface area contributed by atoms with Crippen LogP contribution < -0.4 is 14.8 Å². The summed E-state index contributed by atoms with van der Waals surface area (Å²) in [6.07, 6.45) is 5.87. The molecule has 1 aliphatic carbocycles. The van der Waals surface area contributed by atoms with Crippen LogP contribution in [0.5, 0.6) is 5.88 Å². The molecule has 0 bridgehead atoms. The molecule has 2 aromatic heterocycles. The molecule has 0 radical (unpaired) electrons. The standard InChI is InChI=1S/C22H25N5O4S/c1-14(2)27-12-10-20(25-27)32(29,30)26-22(28)24-21-17-6-4-5-15(17)7-8-18(21)16-9-11-23-19(13-16)31-3/h7-14H,4-6H2,1-3H3,(H2,24,26,28). The van der Waals surface area contributed by atoms with E-state index in [-0.39, 0.29) is 11.1 Å². The number of urea groups is 1. The Kier molecular flexibility index (Phi) is 5.88. The molecule has 0 spiro atoms. The largest absolute Gasteiger partial charge is 0.481 e. The lowest BCUT2D eigenvalue weighted by molar-refractivity contribution is 0.256. The normalized spacial score (nSPS) is 13.1. The van der Waals surface area contributed by atoms with Gasteiger partial charge in [-0.05, 0) is 61.9 Å². The van der Waals surface area contributed by atoms with Gasteiger partial charge in [0, 0.05) is 30.1 Å². The summed E-state index contributed by atoms with van der Waals surface area (Å²) in [7, 11) is -2.58. The first-order valence-electron chi connectivity index (χ1n) is 10.3. The Balaban J connectivity index is 1.64. The van der Waals surface area contributed by atoms with Crippen LogP contribution >= 0.6 is 0 Å². The number of benzene rings is 1. The molecule has 2 heterocycles. The Morgan fingerprint density at radius 1 is 1.19 bits per heavy atom. The third-order valence-electron chi connectivity index (χ3n) is 5.39. The van der Waals surface area contributed by atoms with Crippen molar-refractivity contribution < 1.29 is 17.9 Å².